The van der Waals surface area contributed by atoms with Crippen LogP contribution in [-0.2, 0) is 0 Å². The van der Waals surface area contributed by atoms with E-state index in [-0.39, 0.29) is 0 Å². The molecule has 4 heteroatoms. The summed E-state index contributed by atoms with van der Waals surface area (Å²) in [7, 11) is 0. The molecule has 0 aliphatic rings. The van der Waals surface area contributed by atoms with Crippen LogP contribution in [0.2, 0.25) is 0 Å². The zero-order valence-electron chi connectivity index (χ0n) is 23.7. The Balaban J connectivity index is 1.66. The van der Waals surface area contributed by atoms with Crippen molar-refractivity contribution >= 4 is 34.1 Å². The fraction of sp³-hybridized carbons (Fsp3) is 0.0256. The molecule has 0 saturated carbocycles. The maximum atomic E-state index is 9.91. The minimum atomic E-state index is 0.493. The Morgan fingerprint density at radius 1 is 0.395 bits per heavy atom. The highest BCUT2D eigenvalue weighted by atomic mass is 15.2. The molecular formula is C39H28N4. The number of hydrogen-bond acceptors (Lipinski definition) is 4. The van der Waals surface area contributed by atoms with Gasteiger partial charge < -0.3 is 9.80 Å². The second-order valence-electron chi connectivity index (χ2n) is 10.2. The lowest BCUT2D eigenvalue weighted by Gasteiger charge is -2.30. The van der Waals surface area contributed by atoms with E-state index in [1.807, 2.05) is 91.9 Å². The van der Waals surface area contributed by atoms with Crippen LogP contribution >= 0.6 is 0 Å². The first-order valence-corrected chi connectivity index (χ1v) is 14.1. The molecule has 0 unspecified atom stereocenters. The van der Waals surface area contributed by atoms with Gasteiger partial charge >= 0.3 is 0 Å². The molecule has 4 nitrogen and oxygen atoms in total. The first-order chi connectivity index (χ1) is 21.2. The van der Waals surface area contributed by atoms with Crippen LogP contribution in [0.1, 0.15) is 16.7 Å². The van der Waals surface area contributed by atoms with Gasteiger partial charge in [0.2, 0.25) is 0 Å². The van der Waals surface area contributed by atoms with E-state index < -0.39 is 0 Å². The molecule has 204 valence electrons. The third kappa shape index (κ3) is 5.59. The number of benzene rings is 6. The number of rotatable bonds is 7. The quantitative estimate of drug-likeness (QED) is 0.198. The molecule has 0 heterocycles. The van der Waals surface area contributed by atoms with Crippen LogP contribution in [0.5, 0.6) is 0 Å². The molecule has 0 aliphatic carbocycles. The second kappa shape index (κ2) is 12.2. The Morgan fingerprint density at radius 3 is 1.00 bits per heavy atom. The summed E-state index contributed by atoms with van der Waals surface area (Å²) in [6.45, 7) is 1.82. The van der Waals surface area contributed by atoms with Gasteiger partial charge in [0.15, 0.2) is 0 Å². The van der Waals surface area contributed by atoms with E-state index in [1.165, 1.54) is 0 Å². The largest absolute Gasteiger partial charge is 0.310 e. The molecule has 0 aromatic heterocycles. The predicted octanol–water partition coefficient (Wildman–Crippen LogP) is 10.3. The topological polar surface area (TPSA) is 54.1 Å². The van der Waals surface area contributed by atoms with E-state index in [1.54, 1.807) is 0 Å². The van der Waals surface area contributed by atoms with Gasteiger partial charge in [0.1, 0.15) is 0 Å². The van der Waals surface area contributed by atoms with Crippen molar-refractivity contribution in [1.82, 2.24) is 0 Å². The van der Waals surface area contributed by atoms with Crippen LogP contribution in [0.4, 0.5) is 34.1 Å². The van der Waals surface area contributed by atoms with Gasteiger partial charge in [-0.25, -0.2) is 0 Å². The first kappa shape index (κ1) is 27.1. The summed E-state index contributed by atoms with van der Waals surface area (Å²) in [4.78, 5) is 4.46. The SMILES string of the molecule is Cc1c(C#N)cc(-c2cc(N(c3ccccc3)c3ccccc3)cc(N(c3ccccc3)c3ccccc3)c2)cc1C#N. The number of para-hydroxylation sites is 4. The summed E-state index contributed by atoms with van der Waals surface area (Å²) >= 11 is 0. The van der Waals surface area contributed by atoms with Crippen LogP contribution in [0.25, 0.3) is 11.1 Å². The predicted molar refractivity (Wildman–Crippen MR) is 175 cm³/mol. The third-order valence-electron chi connectivity index (χ3n) is 7.46. The van der Waals surface area contributed by atoms with E-state index in [9.17, 15) is 10.5 Å². The van der Waals surface area contributed by atoms with Crippen molar-refractivity contribution < 1.29 is 0 Å². The molecule has 0 amide bonds. The highest BCUT2D eigenvalue weighted by Gasteiger charge is 2.20. The van der Waals surface area contributed by atoms with Crippen molar-refractivity contribution in [2.24, 2.45) is 0 Å². The van der Waals surface area contributed by atoms with Gasteiger partial charge in [-0.05, 0) is 102 Å². The van der Waals surface area contributed by atoms with Gasteiger partial charge in [-0.2, -0.15) is 10.5 Å². The maximum absolute atomic E-state index is 9.91. The molecule has 6 aromatic rings. The fourth-order valence-corrected chi connectivity index (χ4v) is 5.34. The van der Waals surface area contributed by atoms with Crippen molar-refractivity contribution in [2.45, 2.75) is 6.92 Å². The standard InChI is InChI=1S/C39H28N4/c1-29-32(27-40)22-30(23-33(29)28-41)31-24-38(42(34-14-6-2-7-15-34)35-16-8-3-9-17-35)26-39(25-31)43(36-18-10-4-11-19-36)37-20-12-5-13-21-37/h2-26H,1H3. The zero-order chi connectivity index (χ0) is 29.6. The zero-order valence-corrected chi connectivity index (χ0v) is 23.7. The van der Waals surface area contributed by atoms with Crippen molar-refractivity contribution in [3.63, 3.8) is 0 Å². The normalized spacial score (nSPS) is 10.4. The summed E-state index contributed by atoms with van der Waals surface area (Å²) in [5.74, 6) is 0. The smallest absolute Gasteiger partial charge is 0.0995 e. The third-order valence-corrected chi connectivity index (χ3v) is 7.46. The molecule has 0 bridgehead atoms. The van der Waals surface area contributed by atoms with E-state index in [4.69, 9.17) is 0 Å². The Hall–Kier alpha value is -6.10. The van der Waals surface area contributed by atoms with Crippen LogP contribution < -0.4 is 9.80 Å². The van der Waals surface area contributed by atoms with Crippen LogP contribution in [0.15, 0.2) is 152 Å². The summed E-state index contributed by atoms with van der Waals surface area (Å²) in [5, 5.41) is 19.8. The average Bonchev–Trinajstić information content (AvgIpc) is 3.07. The Bertz CT molecular complexity index is 1720. The van der Waals surface area contributed by atoms with Crippen LogP contribution in [0, 0.1) is 29.6 Å². The van der Waals surface area contributed by atoms with Gasteiger partial charge in [-0.1, -0.05) is 72.8 Å². The molecule has 6 aromatic carbocycles. The van der Waals surface area contributed by atoms with Crippen LogP contribution in [0.3, 0.4) is 0 Å². The van der Waals surface area contributed by atoms with E-state index in [2.05, 4.69) is 88.7 Å². The van der Waals surface area contributed by atoms with Crippen molar-refractivity contribution in [3.8, 4) is 23.3 Å². The summed E-state index contributed by atoms with van der Waals surface area (Å²) < 4.78 is 0. The van der Waals surface area contributed by atoms with Gasteiger partial charge in [0.25, 0.3) is 0 Å². The average molecular weight is 553 g/mol. The second-order valence-corrected chi connectivity index (χ2v) is 10.2. The van der Waals surface area contributed by atoms with Crippen molar-refractivity contribution in [1.29, 1.82) is 10.5 Å². The molecule has 0 aliphatic heterocycles. The number of nitriles is 2. The lowest BCUT2D eigenvalue weighted by molar-refractivity contribution is 1.25. The first-order valence-electron chi connectivity index (χ1n) is 14.1. The van der Waals surface area contributed by atoms with E-state index in [0.717, 1.165) is 45.3 Å². The molecule has 0 atom stereocenters. The van der Waals surface area contributed by atoms with Crippen LogP contribution in [-0.4, -0.2) is 0 Å². The minimum Gasteiger partial charge on any atom is -0.310 e. The molecular weight excluding hydrogens is 524 g/mol. The van der Waals surface area contributed by atoms with Crippen molar-refractivity contribution in [2.75, 3.05) is 9.80 Å². The van der Waals surface area contributed by atoms with Gasteiger partial charge in [-0.3, -0.25) is 0 Å². The number of nitrogens with zero attached hydrogens (tertiary/aromatic N) is 4. The lowest BCUT2D eigenvalue weighted by Crippen LogP contribution is -2.13. The van der Waals surface area contributed by atoms with Gasteiger partial charge in [0, 0.05) is 34.1 Å². The summed E-state index contributed by atoms with van der Waals surface area (Å²) in [6.07, 6.45) is 0. The number of anilines is 6. The minimum absolute atomic E-state index is 0.493. The lowest BCUT2D eigenvalue weighted by atomic mass is 9.95. The van der Waals surface area contributed by atoms with E-state index >= 15 is 0 Å². The number of hydrogen-bond donors (Lipinski definition) is 0. The summed E-state index contributed by atoms with van der Waals surface area (Å²) in [6, 6.07) is 55.9. The maximum Gasteiger partial charge on any atom is 0.0995 e. The molecule has 0 radical (unpaired) electrons. The highest BCUT2D eigenvalue weighted by Crippen LogP contribution is 2.43. The van der Waals surface area contributed by atoms with Gasteiger partial charge in [-0.15, -0.1) is 0 Å². The van der Waals surface area contributed by atoms with Gasteiger partial charge in [0.05, 0.1) is 23.3 Å². The molecule has 6 rings (SSSR count). The Labute approximate surface area is 252 Å². The Kier molecular flexibility index (Phi) is 7.68. The summed E-state index contributed by atoms with van der Waals surface area (Å²) in [5.41, 5.74) is 9.33. The monoisotopic (exact) mass is 552 g/mol. The molecule has 0 spiro atoms. The molecule has 0 fully saturated rings. The Morgan fingerprint density at radius 2 is 0.698 bits per heavy atom. The molecule has 0 saturated heterocycles. The highest BCUT2D eigenvalue weighted by molar-refractivity contribution is 5.87. The molecule has 43 heavy (non-hydrogen) atoms. The van der Waals surface area contributed by atoms with E-state index in [0.29, 0.717) is 16.7 Å². The van der Waals surface area contributed by atoms with Crippen molar-refractivity contribution in [3.05, 3.63) is 168 Å². The fourth-order valence-electron chi connectivity index (χ4n) is 5.34. The molecule has 0 N–H and O–H groups in total.